The molecule has 0 heterocycles. The van der Waals surface area contributed by atoms with Crippen molar-refractivity contribution in [3.63, 3.8) is 0 Å². The fourth-order valence-corrected chi connectivity index (χ4v) is 4.60. The van der Waals surface area contributed by atoms with Gasteiger partial charge in [0.25, 0.3) is 5.91 Å². The van der Waals surface area contributed by atoms with Crippen LogP contribution in [0.1, 0.15) is 82.3 Å². The Morgan fingerprint density at radius 1 is 0.771 bits per heavy atom. The number of esters is 1. The molecule has 0 saturated heterocycles. The van der Waals surface area contributed by atoms with E-state index in [1.807, 2.05) is 60.7 Å². The van der Waals surface area contributed by atoms with Crippen molar-refractivity contribution < 1.29 is 19.1 Å². The van der Waals surface area contributed by atoms with Crippen LogP contribution in [0, 0.1) is 0 Å². The molecule has 5 nitrogen and oxygen atoms in total. The number of rotatable bonds is 9. The van der Waals surface area contributed by atoms with Gasteiger partial charge in [-0.15, -0.1) is 0 Å². The number of amides is 1. The van der Waals surface area contributed by atoms with Gasteiger partial charge in [-0.1, -0.05) is 92.1 Å². The van der Waals surface area contributed by atoms with Crippen LogP contribution in [0.4, 0.5) is 0 Å². The van der Waals surface area contributed by atoms with Crippen LogP contribution in [0.25, 0.3) is 0 Å². The van der Waals surface area contributed by atoms with E-state index in [-0.39, 0.29) is 24.7 Å². The Morgan fingerprint density at radius 2 is 1.40 bits per heavy atom. The number of ether oxygens (including phenoxy) is 1. The third-order valence-corrected chi connectivity index (χ3v) is 6.59. The summed E-state index contributed by atoms with van der Waals surface area (Å²) in [7, 11) is 0. The van der Waals surface area contributed by atoms with Gasteiger partial charge in [0.2, 0.25) is 0 Å². The van der Waals surface area contributed by atoms with Crippen LogP contribution in [-0.2, 0) is 9.53 Å². The molecule has 1 amide bonds. The first-order valence-corrected chi connectivity index (χ1v) is 12.3. The van der Waals surface area contributed by atoms with E-state index in [4.69, 9.17) is 4.74 Å². The van der Waals surface area contributed by atoms with Crippen molar-refractivity contribution in [1.29, 1.82) is 0 Å². The van der Waals surface area contributed by atoms with Gasteiger partial charge < -0.3 is 10.1 Å². The van der Waals surface area contributed by atoms with Crippen LogP contribution >= 0.6 is 0 Å². The van der Waals surface area contributed by atoms with Crippen LogP contribution in [0.2, 0.25) is 0 Å². The van der Waals surface area contributed by atoms with Gasteiger partial charge in [0.15, 0.2) is 12.4 Å². The summed E-state index contributed by atoms with van der Waals surface area (Å²) in [6, 6.07) is 25.2. The van der Waals surface area contributed by atoms with Crippen LogP contribution in [0.3, 0.4) is 0 Å². The van der Waals surface area contributed by atoms with E-state index in [2.05, 4.69) is 5.32 Å². The van der Waals surface area contributed by atoms with E-state index in [1.54, 1.807) is 24.3 Å². The largest absolute Gasteiger partial charge is 0.457 e. The van der Waals surface area contributed by atoms with Crippen LogP contribution in [0.5, 0.6) is 0 Å². The first kappa shape index (κ1) is 24.4. The summed E-state index contributed by atoms with van der Waals surface area (Å²) in [6.45, 7) is -0.324. The van der Waals surface area contributed by atoms with Gasteiger partial charge in [-0.2, -0.15) is 0 Å². The molecule has 1 N–H and O–H groups in total. The highest BCUT2D eigenvalue weighted by Gasteiger charge is 2.21. The van der Waals surface area contributed by atoms with E-state index < -0.39 is 12.0 Å². The lowest BCUT2D eigenvalue weighted by Crippen LogP contribution is -2.31. The summed E-state index contributed by atoms with van der Waals surface area (Å²) < 4.78 is 5.30. The maximum Gasteiger partial charge on any atom is 0.308 e. The second-order valence-electron chi connectivity index (χ2n) is 9.05. The smallest absolute Gasteiger partial charge is 0.308 e. The summed E-state index contributed by atoms with van der Waals surface area (Å²) in [5, 5.41) is 2.91. The number of Topliss-reactive ketones (excluding diaryl/α,β-unsaturated/α-hetero) is 1. The summed E-state index contributed by atoms with van der Waals surface area (Å²) in [5.74, 6) is -0.481. The van der Waals surface area contributed by atoms with Crippen molar-refractivity contribution in [2.75, 3.05) is 6.61 Å². The lowest BCUT2D eigenvalue weighted by atomic mass is 9.84. The quantitative estimate of drug-likeness (QED) is 0.307. The third-order valence-electron chi connectivity index (χ3n) is 6.59. The maximum absolute atomic E-state index is 12.7. The second-order valence-corrected chi connectivity index (χ2v) is 9.05. The van der Waals surface area contributed by atoms with Gasteiger partial charge in [0, 0.05) is 11.1 Å². The molecule has 5 heteroatoms. The summed E-state index contributed by atoms with van der Waals surface area (Å²) in [4.78, 5) is 37.9. The zero-order chi connectivity index (χ0) is 24.5. The van der Waals surface area contributed by atoms with Crippen molar-refractivity contribution >= 4 is 17.7 Å². The van der Waals surface area contributed by atoms with Crippen LogP contribution in [0.15, 0.2) is 84.9 Å². The minimum atomic E-state index is -0.568. The van der Waals surface area contributed by atoms with Gasteiger partial charge in [-0.25, -0.2) is 0 Å². The fourth-order valence-electron chi connectivity index (χ4n) is 4.60. The molecule has 3 aromatic carbocycles. The Labute approximate surface area is 206 Å². The average molecular weight is 470 g/mol. The first-order chi connectivity index (χ1) is 17.1. The molecular weight excluding hydrogens is 438 g/mol. The Bertz CT molecular complexity index is 1120. The number of benzene rings is 3. The molecule has 1 aliphatic rings. The molecule has 1 saturated carbocycles. The molecule has 0 bridgehead atoms. The number of nitrogens with one attached hydrogen (secondary N) is 1. The normalized spacial score (nSPS) is 14.6. The minimum Gasteiger partial charge on any atom is -0.457 e. The van der Waals surface area contributed by atoms with Gasteiger partial charge in [-0.05, 0) is 42.0 Å². The highest BCUT2D eigenvalue weighted by molar-refractivity contribution is 5.98. The van der Waals surface area contributed by atoms with Crippen LogP contribution < -0.4 is 5.32 Å². The fraction of sp³-hybridized carbons (Fsp3) is 0.300. The average Bonchev–Trinajstić information content (AvgIpc) is 2.93. The van der Waals surface area contributed by atoms with E-state index in [0.29, 0.717) is 17.0 Å². The summed E-state index contributed by atoms with van der Waals surface area (Å²) in [5.41, 5.74) is 3.11. The van der Waals surface area contributed by atoms with Crippen molar-refractivity contribution in [2.45, 2.75) is 50.5 Å². The standard InChI is InChI=1S/C30H31NO4/c32-28(25-18-16-23(17-19-25)22-10-4-1-5-11-22)21-35-29(33)20-27(24-12-6-2-7-13-24)31-30(34)26-14-8-3-9-15-26/h2-3,6-9,12-19,22,27H,1,4-5,10-11,20-21H2,(H,31,34)/t27-/m0/s1. The van der Waals surface area contributed by atoms with Gasteiger partial charge in [-0.3, -0.25) is 14.4 Å². The lowest BCUT2D eigenvalue weighted by Gasteiger charge is -2.22. The molecule has 0 radical (unpaired) electrons. The van der Waals surface area contributed by atoms with Crippen molar-refractivity contribution in [3.05, 3.63) is 107 Å². The van der Waals surface area contributed by atoms with Crippen molar-refractivity contribution in [2.24, 2.45) is 0 Å². The molecule has 0 unspecified atom stereocenters. The third kappa shape index (κ3) is 6.89. The monoisotopic (exact) mass is 469 g/mol. The highest BCUT2D eigenvalue weighted by atomic mass is 16.5. The lowest BCUT2D eigenvalue weighted by molar-refractivity contribution is -0.143. The molecule has 4 rings (SSSR count). The van der Waals surface area contributed by atoms with Crippen LogP contribution in [-0.4, -0.2) is 24.3 Å². The molecule has 0 aromatic heterocycles. The number of ketones is 1. The van der Waals surface area contributed by atoms with Gasteiger partial charge >= 0.3 is 5.97 Å². The van der Waals surface area contributed by atoms with Gasteiger partial charge in [0.05, 0.1) is 12.5 Å². The summed E-state index contributed by atoms with van der Waals surface area (Å²) in [6.07, 6.45) is 6.16. The number of carbonyl (C=O) groups excluding carboxylic acids is 3. The Kier molecular flexibility index (Phi) is 8.44. The predicted octanol–water partition coefficient (Wildman–Crippen LogP) is 6.02. The minimum absolute atomic E-state index is 0.0729. The molecule has 180 valence electrons. The molecule has 1 atom stereocenters. The zero-order valence-corrected chi connectivity index (χ0v) is 19.8. The first-order valence-electron chi connectivity index (χ1n) is 12.3. The summed E-state index contributed by atoms with van der Waals surface area (Å²) >= 11 is 0. The highest BCUT2D eigenvalue weighted by Crippen LogP contribution is 2.32. The number of hydrogen-bond donors (Lipinski definition) is 1. The molecule has 1 aliphatic carbocycles. The second kappa shape index (κ2) is 12.1. The molecule has 0 aliphatic heterocycles. The van der Waals surface area contributed by atoms with E-state index in [1.165, 1.54) is 37.7 Å². The Hall–Kier alpha value is -3.73. The predicted molar refractivity (Wildman–Crippen MR) is 135 cm³/mol. The van der Waals surface area contributed by atoms with E-state index in [9.17, 15) is 14.4 Å². The van der Waals surface area contributed by atoms with E-state index in [0.717, 1.165) is 5.56 Å². The maximum atomic E-state index is 12.7. The zero-order valence-electron chi connectivity index (χ0n) is 19.8. The Balaban J connectivity index is 1.34. The molecule has 35 heavy (non-hydrogen) atoms. The van der Waals surface area contributed by atoms with E-state index >= 15 is 0 Å². The molecule has 1 fully saturated rings. The molecular formula is C30H31NO4. The Morgan fingerprint density at radius 3 is 2.06 bits per heavy atom. The van der Waals surface area contributed by atoms with Crippen molar-refractivity contribution in [3.8, 4) is 0 Å². The molecule has 3 aromatic rings. The number of hydrogen-bond acceptors (Lipinski definition) is 4. The number of carbonyl (C=O) groups is 3. The molecule has 0 spiro atoms. The topological polar surface area (TPSA) is 72.5 Å². The van der Waals surface area contributed by atoms with Crippen molar-refractivity contribution in [1.82, 2.24) is 5.32 Å². The SMILES string of the molecule is O=C(C[C@H](NC(=O)c1ccccc1)c1ccccc1)OCC(=O)c1ccc(C2CCCCC2)cc1. The van der Waals surface area contributed by atoms with Gasteiger partial charge in [0.1, 0.15) is 0 Å².